The summed E-state index contributed by atoms with van der Waals surface area (Å²) in [6.45, 7) is 0. The number of pyridine rings is 1. The quantitative estimate of drug-likeness (QED) is 0.905. The number of hydrogen-bond donors (Lipinski definition) is 2. The maximum atomic E-state index is 10.4. The summed E-state index contributed by atoms with van der Waals surface area (Å²) < 4.78 is 5.87. The van der Waals surface area contributed by atoms with Crippen LogP contribution in [-0.4, -0.2) is 28.1 Å². The number of aromatic nitrogens is 1. The fraction of sp³-hybridized carbons (Fsp3) is 0.267. The number of aliphatic hydroxyl groups is 1. The highest BCUT2D eigenvalue weighted by atomic mass is 32.2. The van der Waals surface area contributed by atoms with Gasteiger partial charge in [0.25, 0.3) is 0 Å². The fourth-order valence-corrected chi connectivity index (χ4v) is 3.26. The lowest BCUT2D eigenvalue weighted by Gasteiger charge is -2.29. The van der Waals surface area contributed by atoms with Gasteiger partial charge in [-0.1, -0.05) is 12.1 Å². The lowest BCUT2D eigenvalue weighted by Crippen LogP contribution is -2.37. The Morgan fingerprint density at radius 1 is 1.40 bits per heavy atom. The summed E-state index contributed by atoms with van der Waals surface area (Å²) in [6.07, 6.45) is 2.97. The second-order valence-electron chi connectivity index (χ2n) is 4.76. The van der Waals surface area contributed by atoms with Crippen molar-refractivity contribution in [3.05, 3.63) is 48.3 Å². The van der Waals surface area contributed by atoms with Gasteiger partial charge in [0.15, 0.2) is 0 Å². The number of nitrogen functional groups attached to an aromatic ring is 1. The molecule has 0 radical (unpaired) electrons. The Bertz CT molecular complexity index is 606. The van der Waals surface area contributed by atoms with E-state index < -0.39 is 6.10 Å². The Kier molecular flexibility index (Phi) is 3.80. The lowest BCUT2D eigenvalue weighted by atomic mass is 10.0. The highest BCUT2D eigenvalue weighted by Crippen LogP contribution is 2.36. The standard InChI is InChI=1S/C15H16N2O2S/c16-11-5-6-17-8-10(11)7-12(18)14-9-20-15-4-2-1-3-13(15)19-14/h1-6,8,12,14,18H,7,9H2,(H2,16,17). The van der Waals surface area contributed by atoms with Crippen LogP contribution in [0.15, 0.2) is 47.6 Å². The van der Waals surface area contributed by atoms with Crippen LogP contribution in [-0.2, 0) is 6.42 Å². The topological polar surface area (TPSA) is 68.4 Å². The normalized spacial score (nSPS) is 18.9. The van der Waals surface area contributed by atoms with Gasteiger partial charge in [-0.3, -0.25) is 4.98 Å². The Labute approximate surface area is 122 Å². The number of nitrogens with two attached hydrogens (primary N) is 1. The first kappa shape index (κ1) is 13.3. The minimum Gasteiger partial charge on any atom is -0.486 e. The van der Waals surface area contributed by atoms with Crippen molar-refractivity contribution in [1.29, 1.82) is 0 Å². The summed E-state index contributed by atoms with van der Waals surface area (Å²) in [7, 11) is 0. The van der Waals surface area contributed by atoms with E-state index in [1.54, 1.807) is 30.2 Å². The molecule has 1 aromatic carbocycles. The summed E-state index contributed by atoms with van der Waals surface area (Å²) >= 11 is 1.71. The van der Waals surface area contributed by atoms with Crippen LogP contribution >= 0.6 is 11.8 Å². The molecule has 2 atom stereocenters. The molecule has 0 aliphatic carbocycles. The van der Waals surface area contributed by atoms with Gasteiger partial charge in [0.1, 0.15) is 11.9 Å². The minimum absolute atomic E-state index is 0.227. The van der Waals surface area contributed by atoms with Crippen molar-refractivity contribution in [3.63, 3.8) is 0 Å². The van der Waals surface area contributed by atoms with Gasteiger partial charge in [-0.25, -0.2) is 0 Å². The third kappa shape index (κ3) is 2.73. The molecular formula is C15H16N2O2S. The van der Waals surface area contributed by atoms with Crippen LogP contribution in [0, 0.1) is 0 Å². The molecule has 0 saturated carbocycles. The second-order valence-corrected chi connectivity index (χ2v) is 5.82. The van der Waals surface area contributed by atoms with E-state index in [1.807, 2.05) is 24.3 Å². The number of ether oxygens (including phenoxy) is 1. The van der Waals surface area contributed by atoms with E-state index in [0.717, 1.165) is 22.0 Å². The van der Waals surface area contributed by atoms with Gasteiger partial charge in [0, 0.05) is 35.2 Å². The zero-order valence-corrected chi connectivity index (χ0v) is 11.7. The van der Waals surface area contributed by atoms with Crippen LogP contribution in [0.5, 0.6) is 5.75 Å². The molecule has 0 saturated heterocycles. The van der Waals surface area contributed by atoms with Crippen molar-refractivity contribution in [3.8, 4) is 5.75 Å². The highest BCUT2D eigenvalue weighted by Gasteiger charge is 2.27. The van der Waals surface area contributed by atoms with Gasteiger partial charge in [0.05, 0.1) is 6.10 Å². The Morgan fingerprint density at radius 3 is 3.10 bits per heavy atom. The van der Waals surface area contributed by atoms with Crippen LogP contribution in [0.25, 0.3) is 0 Å². The van der Waals surface area contributed by atoms with E-state index in [0.29, 0.717) is 12.1 Å². The largest absolute Gasteiger partial charge is 0.486 e. The van der Waals surface area contributed by atoms with Crippen molar-refractivity contribution >= 4 is 17.4 Å². The van der Waals surface area contributed by atoms with E-state index >= 15 is 0 Å². The summed E-state index contributed by atoms with van der Waals surface area (Å²) in [5.41, 5.74) is 7.39. The number of thioether (sulfide) groups is 1. The average molecular weight is 288 g/mol. The molecule has 5 heteroatoms. The predicted octanol–water partition coefficient (Wildman–Crippen LogP) is 2.12. The molecule has 2 heterocycles. The van der Waals surface area contributed by atoms with Crippen molar-refractivity contribution in [2.75, 3.05) is 11.5 Å². The van der Waals surface area contributed by atoms with Gasteiger partial charge in [0.2, 0.25) is 0 Å². The van der Waals surface area contributed by atoms with E-state index in [1.165, 1.54) is 0 Å². The zero-order chi connectivity index (χ0) is 13.9. The van der Waals surface area contributed by atoms with Crippen LogP contribution in [0.1, 0.15) is 5.56 Å². The molecule has 0 amide bonds. The van der Waals surface area contributed by atoms with E-state index in [2.05, 4.69) is 4.98 Å². The molecule has 104 valence electrons. The fourth-order valence-electron chi connectivity index (χ4n) is 2.19. The van der Waals surface area contributed by atoms with Gasteiger partial charge in [-0.05, 0) is 23.8 Å². The van der Waals surface area contributed by atoms with E-state index in [9.17, 15) is 5.11 Å². The summed E-state index contributed by atoms with van der Waals surface area (Å²) in [6, 6.07) is 9.63. The minimum atomic E-state index is -0.595. The zero-order valence-electron chi connectivity index (χ0n) is 10.9. The van der Waals surface area contributed by atoms with Crippen LogP contribution in [0.4, 0.5) is 5.69 Å². The van der Waals surface area contributed by atoms with Gasteiger partial charge in [-0.2, -0.15) is 0 Å². The van der Waals surface area contributed by atoms with Crippen molar-refractivity contribution in [1.82, 2.24) is 4.98 Å². The third-order valence-corrected chi connectivity index (χ3v) is 4.47. The maximum absolute atomic E-state index is 10.4. The summed E-state index contributed by atoms with van der Waals surface area (Å²) in [4.78, 5) is 5.16. The molecule has 1 aliphatic rings. The molecule has 1 aromatic heterocycles. The van der Waals surface area contributed by atoms with Crippen molar-refractivity contribution in [2.45, 2.75) is 23.5 Å². The lowest BCUT2D eigenvalue weighted by molar-refractivity contribution is 0.0469. The van der Waals surface area contributed by atoms with E-state index in [-0.39, 0.29) is 6.10 Å². The first-order chi connectivity index (χ1) is 9.74. The molecule has 4 nitrogen and oxygen atoms in total. The average Bonchev–Trinajstić information content (AvgIpc) is 2.49. The summed E-state index contributed by atoms with van der Waals surface area (Å²) in [5, 5.41) is 10.4. The van der Waals surface area contributed by atoms with Crippen molar-refractivity contribution in [2.24, 2.45) is 0 Å². The monoisotopic (exact) mass is 288 g/mol. The Morgan fingerprint density at radius 2 is 2.25 bits per heavy atom. The summed E-state index contributed by atoms with van der Waals surface area (Å²) in [5.74, 6) is 1.57. The first-order valence-electron chi connectivity index (χ1n) is 6.49. The van der Waals surface area contributed by atoms with Gasteiger partial charge >= 0.3 is 0 Å². The SMILES string of the molecule is Nc1ccncc1CC(O)C1CSc2ccccc2O1. The Balaban J connectivity index is 1.70. The number of rotatable bonds is 3. The molecule has 2 unspecified atom stereocenters. The predicted molar refractivity (Wildman–Crippen MR) is 79.9 cm³/mol. The molecule has 0 bridgehead atoms. The molecule has 3 N–H and O–H groups in total. The molecule has 1 aliphatic heterocycles. The van der Waals surface area contributed by atoms with Gasteiger partial charge in [-0.15, -0.1) is 11.8 Å². The molecular weight excluding hydrogens is 272 g/mol. The number of hydrogen-bond acceptors (Lipinski definition) is 5. The second kappa shape index (κ2) is 5.73. The Hall–Kier alpha value is -1.72. The van der Waals surface area contributed by atoms with E-state index in [4.69, 9.17) is 10.5 Å². The number of benzene rings is 1. The number of anilines is 1. The molecule has 20 heavy (non-hydrogen) atoms. The molecule has 0 spiro atoms. The highest BCUT2D eigenvalue weighted by molar-refractivity contribution is 7.99. The van der Waals surface area contributed by atoms with Gasteiger partial charge < -0.3 is 15.6 Å². The van der Waals surface area contributed by atoms with Crippen LogP contribution < -0.4 is 10.5 Å². The first-order valence-corrected chi connectivity index (χ1v) is 7.47. The third-order valence-electron chi connectivity index (χ3n) is 3.33. The van der Waals surface area contributed by atoms with Crippen LogP contribution in [0.2, 0.25) is 0 Å². The molecule has 0 fully saturated rings. The molecule has 3 rings (SSSR count). The number of nitrogens with zero attached hydrogens (tertiary/aromatic N) is 1. The smallest absolute Gasteiger partial charge is 0.134 e. The van der Waals surface area contributed by atoms with Crippen molar-refractivity contribution < 1.29 is 9.84 Å². The number of fused-ring (bicyclic) bond motifs is 1. The number of para-hydroxylation sites is 1. The maximum Gasteiger partial charge on any atom is 0.134 e. The number of aliphatic hydroxyl groups excluding tert-OH is 1. The van der Waals surface area contributed by atoms with Crippen LogP contribution in [0.3, 0.4) is 0 Å². The molecule has 2 aromatic rings.